The van der Waals surface area contributed by atoms with Crippen molar-refractivity contribution >= 4 is 11.8 Å². The lowest BCUT2D eigenvalue weighted by Crippen LogP contribution is -1.95. The van der Waals surface area contributed by atoms with Crippen LogP contribution < -0.4 is 4.74 Å². The third-order valence-electron chi connectivity index (χ3n) is 2.71. The van der Waals surface area contributed by atoms with Crippen LogP contribution in [0, 0.1) is 5.82 Å². The van der Waals surface area contributed by atoms with Crippen LogP contribution in [0.15, 0.2) is 52.3 Å². The smallest absolute Gasteiger partial charge is 0.132 e. The summed E-state index contributed by atoms with van der Waals surface area (Å²) in [7, 11) is 1.61. The highest BCUT2D eigenvalue weighted by Gasteiger charge is 2.12. The Hall–Kier alpha value is -1.52. The Balaban J connectivity index is 2.38. The number of hydrogen-bond acceptors (Lipinski definition) is 3. The molecule has 0 amide bonds. The number of methoxy groups -OCH3 is 1. The molecule has 0 aliphatic rings. The van der Waals surface area contributed by atoms with Gasteiger partial charge in [-0.2, -0.15) is 0 Å². The van der Waals surface area contributed by atoms with E-state index in [1.165, 1.54) is 23.9 Å². The molecule has 2 rings (SSSR count). The lowest BCUT2D eigenvalue weighted by atomic mass is 10.1. The standard InChI is InChI=1S/C15H15FO2S/c1-10(17)12-9-11(16)7-8-14(12)19-15-6-4-3-5-13(15)18-2/h3-10,17H,1-2H3. The average Bonchev–Trinajstić information content (AvgIpc) is 2.41. The van der Waals surface area contributed by atoms with Crippen molar-refractivity contribution in [2.45, 2.75) is 22.8 Å². The van der Waals surface area contributed by atoms with E-state index < -0.39 is 6.10 Å². The summed E-state index contributed by atoms with van der Waals surface area (Å²) in [6, 6.07) is 12.0. The van der Waals surface area contributed by atoms with Crippen LogP contribution in [0.4, 0.5) is 4.39 Å². The zero-order valence-electron chi connectivity index (χ0n) is 10.8. The summed E-state index contributed by atoms with van der Waals surface area (Å²) >= 11 is 1.45. The molecule has 0 saturated carbocycles. The van der Waals surface area contributed by atoms with Crippen LogP contribution in [0.1, 0.15) is 18.6 Å². The predicted molar refractivity (Wildman–Crippen MR) is 74.2 cm³/mol. The maximum absolute atomic E-state index is 13.2. The zero-order valence-corrected chi connectivity index (χ0v) is 11.6. The first-order valence-corrected chi connectivity index (χ1v) is 6.72. The molecular formula is C15H15FO2S. The SMILES string of the molecule is COc1ccccc1Sc1ccc(F)cc1C(C)O. The molecule has 0 aromatic heterocycles. The van der Waals surface area contributed by atoms with E-state index in [2.05, 4.69) is 0 Å². The van der Waals surface area contributed by atoms with Crippen molar-refractivity contribution in [2.75, 3.05) is 7.11 Å². The van der Waals surface area contributed by atoms with Crippen LogP contribution in [0.5, 0.6) is 5.75 Å². The number of benzene rings is 2. The van der Waals surface area contributed by atoms with Crippen LogP contribution in [0.25, 0.3) is 0 Å². The molecule has 19 heavy (non-hydrogen) atoms. The van der Waals surface area contributed by atoms with Gasteiger partial charge >= 0.3 is 0 Å². The van der Waals surface area contributed by atoms with Crippen molar-refractivity contribution in [3.05, 3.63) is 53.8 Å². The summed E-state index contributed by atoms with van der Waals surface area (Å²) in [5, 5.41) is 9.72. The zero-order chi connectivity index (χ0) is 13.8. The fourth-order valence-corrected chi connectivity index (χ4v) is 2.88. The van der Waals surface area contributed by atoms with Gasteiger partial charge in [0.1, 0.15) is 11.6 Å². The predicted octanol–water partition coefficient (Wildman–Crippen LogP) is 4.04. The van der Waals surface area contributed by atoms with Gasteiger partial charge in [-0.15, -0.1) is 0 Å². The van der Waals surface area contributed by atoms with E-state index in [0.29, 0.717) is 5.56 Å². The largest absolute Gasteiger partial charge is 0.496 e. The van der Waals surface area contributed by atoms with Crippen molar-refractivity contribution in [3.63, 3.8) is 0 Å². The van der Waals surface area contributed by atoms with Crippen molar-refractivity contribution < 1.29 is 14.2 Å². The Bertz CT molecular complexity index is 570. The van der Waals surface area contributed by atoms with E-state index in [-0.39, 0.29) is 5.82 Å². The minimum absolute atomic E-state index is 0.347. The number of rotatable bonds is 4. The number of aliphatic hydroxyl groups excluding tert-OH is 1. The van der Waals surface area contributed by atoms with E-state index in [4.69, 9.17) is 4.74 Å². The molecule has 4 heteroatoms. The van der Waals surface area contributed by atoms with Gasteiger partial charge in [-0.1, -0.05) is 23.9 Å². The van der Waals surface area contributed by atoms with Gasteiger partial charge in [0.25, 0.3) is 0 Å². The first-order chi connectivity index (χ1) is 9.11. The van der Waals surface area contributed by atoms with E-state index in [0.717, 1.165) is 15.5 Å². The molecule has 0 saturated heterocycles. The molecule has 2 aromatic rings. The second kappa shape index (κ2) is 6.08. The first-order valence-electron chi connectivity index (χ1n) is 5.90. The summed E-state index contributed by atoms with van der Waals surface area (Å²) in [5.41, 5.74) is 0.580. The fourth-order valence-electron chi connectivity index (χ4n) is 1.76. The fraction of sp³-hybridized carbons (Fsp3) is 0.200. The molecule has 0 bridgehead atoms. The van der Waals surface area contributed by atoms with Gasteiger partial charge in [-0.25, -0.2) is 4.39 Å². The highest BCUT2D eigenvalue weighted by molar-refractivity contribution is 7.99. The van der Waals surface area contributed by atoms with Crippen LogP contribution in [0.3, 0.4) is 0 Å². The van der Waals surface area contributed by atoms with Crippen LogP contribution in [-0.4, -0.2) is 12.2 Å². The molecule has 100 valence electrons. The highest BCUT2D eigenvalue weighted by Crippen LogP contribution is 2.38. The number of ether oxygens (including phenoxy) is 1. The van der Waals surface area contributed by atoms with Gasteiger partial charge in [0.2, 0.25) is 0 Å². The minimum atomic E-state index is -0.715. The first kappa shape index (κ1) is 13.9. The molecular weight excluding hydrogens is 263 g/mol. The van der Waals surface area contributed by atoms with E-state index >= 15 is 0 Å². The van der Waals surface area contributed by atoms with Gasteiger partial charge in [0.05, 0.1) is 18.1 Å². The quantitative estimate of drug-likeness (QED) is 0.915. The van der Waals surface area contributed by atoms with Gasteiger partial charge in [0.15, 0.2) is 0 Å². The Labute approximate surface area is 116 Å². The van der Waals surface area contributed by atoms with Crippen molar-refractivity contribution in [3.8, 4) is 5.75 Å². The topological polar surface area (TPSA) is 29.5 Å². The summed E-state index contributed by atoms with van der Waals surface area (Å²) in [4.78, 5) is 1.75. The lowest BCUT2D eigenvalue weighted by Gasteiger charge is -2.13. The van der Waals surface area contributed by atoms with E-state index in [1.54, 1.807) is 20.1 Å². The Morgan fingerprint density at radius 1 is 1.16 bits per heavy atom. The number of para-hydroxylation sites is 1. The summed E-state index contributed by atoms with van der Waals surface area (Å²) < 4.78 is 18.5. The van der Waals surface area contributed by atoms with Gasteiger partial charge in [-0.05, 0) is 42.8 Å². The van der Waals surface area contributed by atoms with Crippen LogP contribution >= 0.6 is 11.8 Å². The summed E-state index contributed by atoms with van der Waals surface area (Å²) in [6.45, 7) is 1.63. The van der Waals surface area contributed by atoms with Gasteiger partial charge < -0.3 is 9.84 Å². The monoisotopic (exact) mass is 278 g/mol. The minimum Gasteiger partial charge on any atom is -0.496 e. The second-order valence-corrected chi connectivity index (χ2v) is 5.19. The third-order valence-corrected chi connectivity index (χ3v) is 3.86. The molecule has 1 unspecified atom stereocenters. The molecule has 0 fully saturated rings. The highest BCUT2D eigenvalue weighted by atomic mass is 32.2. The lowest BCUT2D eigenvalue weighted by molar-refractivity contribution is 0.196. The maximum atomic E-state index is 13.2. The molecule has 2 nitrogen and oxygen atoms in total. The molecule has 0 spiro atoms. The van der Waals surface area contributed by atoms with Crippen LogP contribution in [0.2, 0.25) is 0 Å². The summed E-state index contributed by atoms with van der Waals surface area (Å²) in [6.07, 6.45) is -0.715. The Morgan fingerprint density at radius 3 is 2.58 bits per heavy atom. The van der Waals surface area contributed by atoms with Gasteiger partial charge in [0, 0.05) is 4.90 Å². The number of halogens is 1. The van der Waals surface area contributed by atoms with E-state index in [9.17, 15) is 9.50 Å². The van der Waals surface area contributed by atoms with Crippen molar-refractivity contribution in [1.29, 1.82) is 0 Å². The molecule has 1 atom stereocenters. The molecule has 1 N–H and O–H groups in total. The molecule has 2 aromatic carbocycles. The van der Waals surface area contributed by atoms with Crippen LogP contribution in [-0.2, 0) is 0 Å². The Kier molecular flexibility index (Phi) is 4.45. The summed E-state index contributed by atoms with van der Waals surface area (Å²) in [5.74, 6) is 0.411. The molecule has 0 radical (unpaired) electrons. The second-order valence-electron chi connectivity index (χ2n) is 4.11. The molecule has 0 aliphatic heterocycles. The van der Waals surface area contributed by atoms with Crippen molar-refractivity contribution in [2.24, 2.45) is 0 Å². The van der Waals surface area contributed by atoms with E-state index in [1.807, 2.05) is 24.3 Å². The van der Waals surface area contributed by atoms with Gasteiger partial charge in [-0.3, -0.25) is 0 Å². The van der Waals surface area contributed by atoms with Crippen molar-refractivity contribution in [1.82, 2.24) is 0 Å². The number of hydrogen-bond donors (Lipinski definition) is 1. The number of aliphatic hydroxyl groups is 1. The Morgan fingerprint density at radius 2 is 1.89 bits per heavy atom. The molecule has 0 aliphatic carbocycles. The third kappa shape index (κ3) is 3.28. The average molecular weight is 278 g/mol. The maximum Gasteiger partial charge on any atom is 0.132 e. The normalized spacial score (nSPS) is 12.2. The molecule has 0 heterocycles.